The molecule has 0 saturated heterocycles. The molecule has 0 aliphatic carbocycles. The molecular weight excluding hydrogens is 248 g/mol. The third-order valence-corrected chi connectivity index (χ3v) is 3.18. The fourth-order valence-electron chi connectivity index (χ4n) is 2.08. The van der Waals surface area contributed by atoms with Gasteiger partial charge >= 0.3 is 5.97 Å². The molecule has 20 heavy (non-hydrogen) atoms. The van der Waals surface area contributed by atoms with Crippen molar-refractivity contribution >= 4 is 17.8 Å². The predicted molar refractivity (Wildman–Crippen MR) is 79.7 cm³/mol. The van der Waals surface area contributed by atoms with E-state index >= 15 is 0 Å². The van der Waals surface area contributed by atoms with Gasteiger partial charge in [0.2, 0.25) is 0 Å². The Labute approximate surface area is 118 Å². The van der Waals surface area contributed by atoms with E-state index < -0.39 is 0 Å². The summed E-state index contributed by atoms with van der Waals surface area (Å²) in [5, 5.41) is 0. The van der Waals surface area contributed by atoms with Gasteiger partial charge in [0, 0.05) is 5.56 Å². The zero-order chi connectivity index (χ0) is 13.9. The summed E-state index contributed by atoms with van der Waals surface area (Å²) in [5.41, 5.74) is 3.68. The minimum absolute atomic E-state index is 0.301. The first-order valence-corrected chi connectivity index (χ1v) is 6.50. The highest BCUT2D eigenvalue weighted by molar-refractivity contribution is 6.05. The van der Waals surface area contributed by atoms with Crippen LogP contribution in [0.5, 0.6) is 0 Å². The Morgan fingerprint density at radius 2 is 1.65 bits per heavy atom. The van der Waals surface area contributed by atoms with Gasteiger partial charge in [-0.3, -0.25) is 0 Å². The summed E-state index contributed by atoms with van der Waals surface area (Å²) >= 11 is 0. The molecule has 0 amide bonds. The lowest BCUT2D eigenvalue weighted by Crippen LogP contribution is -1.97. The third kappa shape index (κ3) is 2.54. The summed E-state index contributed by atoms with van der Waals surface area (Å²) in [6, 6.07) is 17.7. The molecule has 2 aromatic rings. The Morgan fingerprint density at radius 3 is 2.35 bits per heavy atom. The molecule has 2 aromatic carbocycles. The third-order valence-electron chi connectivity index (χ3n) is 3.18. The molecule has 2 nitrogen and oxygen atoms in total. The van der Waals surface area contributed by atoms with Crippen molar-refractivity contribution in [2.75, 3.05) is 0 Å². The fourth-order valence-corrected chi connectivity index (χ4v) is 2.08. The number of cyclic esters (lactones) is 1. The number of esters is 1. The first kappa shape index (κ1) is 12.4. The molecule has 0 radical (unpaired) electrons. The number of ether oxygens (including phenoxy) is 1. The molecule has 0 fully saturated rings. The van der Waals surface area contributed by atoms with Crippen LogP contribution < -0.4 is 0 Å². The molecule has 1 aliphatic rings. The van der Waals surface area contributed by atoms with Crippen molar-refractivity contribution in [2.24, 2.45) is 0 Å². The van der Waals surface area contributed by atoms with E-state index in [1.54, 1.807) is 6.08 Å². The summed E-state index contributed by atoms with van der Waals surface area (Å²) in [6.45, 7) is 2.04. The van der Waals surface area contributed by atoms with Crippen LogP contribution in [0, 0.1) is 6.92 Å². The number of rotatable bonds is 2. The van der Waals surface area contributed by atoms with E-state index in [1.807, 2.05) is 67.6 Å². The van der Waals surface area contributed by atoms with Crippen molar-refractivity contribution in [2.45, 2.75) is 6.92 Å². The van der Waals surface area contributed by atoms with Crippen molar-refractivity contribution in [3.05, 3.63) is 82.9 Å². The number of hydrogen-bond donors (Lipinski definition) is 0. The zero-order valence-electron chi connectivity index (χ0n) is 11.2. The van der Waals surface area contributed by atoms with Gasteiger partial charge in [0.25, 0.3) is 0 Å². The van der Waals surface area contributed by atoms with E-state index in [1.165, 1.54) is 5.56 Å². The lowest BCUT2D eigenvalue weighted by molar-refractivity contribution is -0.130. The average Bonchev–Trinajstić information content (AvgIpc) is 2.84. The van der Waals surface area contributed by atoms with Gasteiger partial charge < -0.3 is 4.74 Å². The van der Waals surface area contributed by atoms with Gasteiger partial charge in [0.05, 0.1) is 5.57 Å². The van der Waals surface area contributed by atoms with Gasteiger partial charge in [-0.15, -0.1) is 0 Å². The number of benzene rings is 2. The molecule has 98 valence electrons. The van der Waals surface area contributed by atoms with E-state index in [2.05, 4.69) is 0 Å². The van der Waals surface area contributed by atoms with Crippen molar-refractivity contribution in [3.63, 3.8) is 0 Å². The van der Waals surface area contributed by atoms with Crippen LogP contribution in [0.15, 0.2) is 66.2 Å². The maximum absolute atomic E-state index is 11.9. The first-order chi connectivity index (χ1) is 9.72. The Bertz CT molecular complexity index is 692. The van der Waals surface area contributed by atoms with Crippen molar-refractivity contribution < 1.29 is 9.53 Å². The first-order valence-electron chi connectivity index (χ1n) is 6.50. The smallest absolute Gasteiger partial charge is 0.343 e. The largest absolute Gasteiger partial charge is 0.422 e. The van der Waals surface area contributed by atoms with Gasteiger partial charge in [0.15, 0.2) is 0 Å². The molecule has 0 N–H and O–H groups in total. The topological polar surface area (TPSA) is 26.3 Å². The van der Waals surface area contributed by atoms with Gasteiger partial charge in [-0.25, -0.2) is 4.79 Å². The highest BCUT2D eigenvalue weighted by Gasteiger charge is 2.21. The molecule has 0 atom stereocenters. The second-order valence-electron chi connectivity index (χ2n) is 4.77. The average molecular weight is 262 g/mol. The minimum Gasteiger partial charge on any atom is -0.422 e. The van der Waals surface area contributed by atoms with Crippen LogP contribution in [-0.2, 0) is 9.53 Å². The number of hydrogen-bond acceptors (Lipinski definition) is 2. The van der Waals surface area contributed by atoms with Crippen LogP contribution in [0.1, 0.15) is 16.7 Å². The Hall–Kier alpha value is -2.61. The van der Waals surface area contributed by atoms with Crippen LogP contribution in [0.3, 0.4) is 0 Å². The van der Waals surface area contributed by atoms with E-state index in [9.17, 15) is 4.79 Å². The molecule has 0 bridgehead atoms. The van der Waals surface area contributed by atoms with Gasteiger partial charge in [-0.05, 0) is 24.6 Å². The molecule has 3 rings (SSSR count). The molecule has 0 spiro atoms. The van der Waals surface area contributed by atoms with Gasteiger partial charge in [0.1, 0.15) is 5.76 Å². The number of aryl methyl sites for hydroxylation is 1. The molecule has 1 aliphatic heterocycles. The number of carbonyl (C=O) groups excluding carboxylic acids is 1. The molecular formula is C18H14O2. The monoisotopic (exact) mass is 262 g/mol. The summed E-state index contributed by atoms with van der Waals surface area (Å²) in [7, 11) is 0. The molecule has 1 heterocycles. The van der Waals surface area contributed by atoms with E-state index in [4.69, 9.17) is 4.74 Å². The van der Waals surface area contributed by atoms with Crippen LogP contribution >= 0.6 is 0 Å². The maximum atomic E-state index is 11.9. The molecule has 0 aromatic heterocycles. The Balaban J connectivity index is 1.92. The second-order valence-corrected chi connectivity index (χ2v) is 4.77. The van der Waals surface area contributed by atoms with Crippen molar-refractivity contribution in [3.8, 4) is 0 Å². The summed E-state index contributed by atoms with van der Waals surface area (Å²) in [4.78, 5) is 11.9. The normalized spacial score (nSPS) is 16.1. The summed E-state index contributed by atoms with van der Waals surface area (Å²) < 4.78 is 5.31. The van der Waals surface area contributed by atoms with Crippen LogP contribution in [0.25, 0.3) is 11.8 Å². The lowest BCUT2D eigenvalue weighted by Gasteiger charge is -2.00. The van der Waals surface area contributed by atoms with E-state index in [0.29, 0.717) is 11.3 Å². The highest BCUT2D eigenvalue weighted by atomic mass is 16.5. The van der Waals surface area contributed by atoms with Crippen LogP contribution in [0.2, 0.25) is 0 Å². The lowest BCUT2D eigenvalue weighted by atomic mass is 10.1. The van der Waals surface area contributed by atoms with Crippen LogP contribution in [0.4, 0.5) is 0 Å². The second kappa shape index (κ2) is 5.17. The fraction of sp³-hybridized carbons (Fsp3) is 0.0556. The summed E-state index contributed by atoms with van der Waals surface area (Å²) in [5.74, 6) is 0.304. The SMILES string of the molecule is Cc1ccc(/C=C2/C=C(c3ccccc3)OC2=O)cc1. The maximum Gasteiger partial charge on any atom is 0.343 e. The van der Waals surface area contributed by atoms with E-state index in [0.717, 1.165) is 11.1 Å². The van der Waals surface area contributed by atoms with Crippen LogP contribution in [-0.4, -0.2) is 5.97 Å². The van der Waals surface area contributed by atoms with Crippen molar-refractivity contribution in [1.29, 1.82) is 0 Å². The predicted octanol–water partition coefficient (Wildman–Crippen LogP) is 3.98. The molecule has 0 saturated carbocycles. The zero-order valence-corrected chi connectivity index (χ0v) is 11.2. The summed E-state index contributed by atoms with van der Waals surface area (Å²) in [6.07, 6.45) is 3.63. The van der Waals surface area contributed by atoms with Gasteiger partial charge in [-0.2, -0.15) is 0 Å². The standard InChI is InChI=1S/C18H14O2/c1-13-7-9-14(10-8-13)11-16-12-17(20-18(16)19)15-5-3-2-4-6-15/h2-12H,1H3/b16-11-. The Morgan fingerprint density at radius 1 is 0.950 bits per heavy atom. The minimum atomic E-state index is -0.301. The number of carbonyl (C=O) groups is 1. The van der Waals surface area contributed by atoms with Crippen molar-refractivity contribution in [1.82, 2.24) is 0 Å². The Kier molecular flexibility index (Phi) is 3.21. The molecule has 0 unspecified atom stereocenters. The quantitative estimate of drug-likeness (QED) is 0.604. The van der Waals surface area contributed by atoms with E-state index in [-0.39, 0.29) is 5.97 Å². The van der Waals surface area contributed by atoms with Gasteiger partial charge in [-0.1, -0.05) is 60.2 Å². The molecule has 2 heteroatoms. The highest BCUT2D eigenvalue weighted by Crippen LogP contribution is 2.27.